The lowest BCUT2D eigenvalue weighted by atomic mass is 9.97. The Bertz CT molecular complexity index is 543. The summed E-state index contributed by atoms with van der Waals surface area (Å²) in [5.41, 5.74) is 1.90. The Labute approximate surface area is 125 Å². The average Bonchev–Trinajstić information content (AvgIpc) is 2.39. The number of carbonyl (C=O) groups is 2. The quantitative estimate of drug-likeness (QED) is 0.382. The molecule has 0 aliphatic heterocycles. The molecule has 0 aromatic heterocycles. The third kappa shape index (κ3) is 3.11. The molecule has 1 aromatic rings. The molecule has 0 bridgehead atoms. The van der Waals surface area contributed by atoms with Gasteiger partial charge in [0.2, 0.25) is 3.79 Å². The molecule has 1 atom stereocenters. The Morgan fingerprint density at radius 1 is 1.17 bits per heavy atom. The number of ketones is 1. The first kappa shape index (κ1) is 13.5. The van der Waals surface area contributed by atoms with E-state index in [9.17, 15) is 9.59 Å². The standard InChI is InChI=1S/C14H11IO2S/c15-14(17)11-3-1-9(2-4-11)13(16)10-5-7-12(18)8-6-10/h1-7,12,18H,8H2. The average molecular weight is 370 g/mol. The van der Waals surface area contributed by atoms with E-state index in [1.54, 1.807) is 52.9 Å². The molecule has 1 aliphatic carbocycles. The molecule has 92 valence electrons. The van der Waals surface area contributed by atoms with Crippen LogP contribution >= 0.6 is 35.2 Å². The maximum absolute atomic E-state index is 12.2. The Morgan fingerprint density at radius 3 is 2.28 bits per heavy atom. The Balaban J connectivity index is 2.19. The molecule has 4 heteroatoms. The van der Waals surface area contributed by atoms with Crippen LogP contribution in [0.3, 0.4) is 0 Å². The van der Waals surface area contributed by atoms with Gasteiger partial charge < -0.3 is 0 Å². The van der Waals surface area contributed by atoms with Gasteiger partial charge in [-0.25, -0.2) is 0 Å². The summed E-state index contributed by atoms with van der Waals surface area (Å²) in [5.74, 6) is -0.0149. The summed E-state index contributed by atoms with van der Waals surface area (Å²) in [6.07, 6.45) is 6.39. The van der Waals surface area contributed by atoms with E-state index in [1.807, 2.05) is 12.2 Å². The maximum atomic E-state index is 12.2. The highest BCUT2D eigenvalue weighted by molar-refractivity contribution is 14.1. The predicted octanol–water partition coefficient (Wildman–Crippen LogP) is 3.63. The number of halogens is 1. The zero-order chi connectivity index (χ0) is 13.1. The van der Waals surface area contributed by atoms with Gasteiger partial charge in [-0.05, 0) is 18.6 Å². The molecule has 1 unspecified atom stereocenters. The van der Waals surface area contributed by atoms with Gasteiger partial charge in [0.15, 0.2) is 5.78 Å². The van der Waals surface area contributed by atoms with E-state index in [-0.39, 0.29) is 14.8 Å². The topological polar surface area (TPSA) is 34.1 Å². The Kier molecular flexibility index (Phi) is 4.40. The Hall–Kier alpha value is -0.880. The normalized spacial score (nSPS) is 18.3. The highest BCUT2D eigenvalue weighted by Crippen LogP contribution is 2.19. The lowest BCUT2D eigenvalue weighted by molar-refractivity contribution is 0.103. The number of allylic oxidation sites excluding steroid dienone is 3. The fourth-order valence-electron chi connectivity index (χ4n) is 1.70. The third-order valence-electron chi connectivity index (χ3n) is 2.71. The number of hydrogen-bond acceptors (Lipinski definition) is 3. The first-order valence-electron chi connectivity index (χ1n) is 5.49. The van der Waals surface area contributed by atoms with Crippen LogP contribution in [-0.2, 0) is 0 Å². The maximum Gasteiger partial charge on any atom is 0.222 e. The minimum atomic E-state index is -0.0266. The Morgan fingerprint density at radius 2 is 1.78 bits per heavy atom. The number of carbonyl (C=O) groups excluding carboxylic acids is 2. The summed E-state index contributed by atoms with van der Waals surface area (Å²) in [7, 11) is 0. The van der Waals surface area contributed by atoms with Gasteiger partial charge in [-0.2, -0.15) is 12.6 Å². The van der Waals surface area contributed by atoms with E-state index in [2.05, 4.69) is 12.6 Å². The molecule has 18 heavy (non-hydrogen) atoms. The zero-order valence-corrected chi connectivity index (χ0v) is 12.5. The van der Waals surface area contributed by atoms with Gasteiger partial charge in [-0.15, -0.1) is 0 Å². The van der Waals surface area contributed by atoms with Crippen molar-refractivity contribution >= 4 is 44.8 Å². The van der Waals surface area contributed by atoms with Crippen molar-refractivity contribution in [2.24, 2.45) is 0 Å². The fraction of sp³-hybridized carbons (Fsp3) is 0.143. The second-order valence-corrected chi connectivity index (χ2v) is 5.64. The van der Waals surface area contributed by atoms with Crippen LogP contribution in [0.2, 0.25) is 0 Å². The van der Waals surface area contributed by atoms with Crippen LogP contribution in [0.25, 0.3) is 0 Å². The number of benzene rings is 1. The van der Waals surface area contributed by atoms with Crippen LogP contribution in [0.1, 0.15) is 27.1 Å². The fourth-order valence-corrected chi connectivity index (χ4v) is 2.25. The third-order valence-corrected chi connectivity index (χ3v) is 3.72. The van der Waals surface area contributed by atoms with Crippen LogP contribution in [0.15, 0.2) is 48.1 Å². The van der Waals surface area contributed by atoms with Crippen molar-refractivity contribution in [2.75, 3.05) is 0 Å². The van der Waals surface area contributed by atoms with Crippen molar-refractivity contribution in [2.45, 2.75) is 11.7 Å². The van der Waals surface area contributed by atoms with Crippen LogP contribution in [-0.4, -0.2) is 14.8 Å². The van der Waals surface area contributed by atoms with Crippen LogP contribution < -0.4 is 0 Å². The van der Waals surface area contributed by atoms with E-state index < -0.39 is 0 Å². The first-order chi connectivity index (χ1) is 8.58. The van der Waals surface area contributed by atoms with Crippen molar-refractivity contribution in [3.05, 3.63) is 59.2 Å². The molecule has 2 nitrogen and oxygen atoms in total. The van der Waals surface area contributed by atoms with Crippen LogP contribution in [0.4, 0.5) is 0 Å². The van der Waals surface area contributed by atoms with Gasteiger partial charge in [-0.3, -0.25) is 9.59 Å². The molecule has 1 aromatic carbocycles. The van der Waals surface area contributed by atoms with Crippen molar-refractivity contribution in [1.82, 2.24) is 0 Å². The smallest absolute Gasteiger partial charge is 0.222 e. The molecule has 2 rings (SSSR count). The van der Waals surface area contributed by atoms with Crippen molar-refractivity contribution in [1.29, 1.82) is 0 Å². The molecular formula is C14H11IO2S. The molecule has 0 N–H and O–H groups in total. The molecule has 0 fully saturated rings. The molecule has 0 amide bonds. The van der Waals surface area contributed by atoms with Crippen LogP contribution in [0, 0.1) is 0 Å². The molecule has 0 spiro atoms. The van der Waals surface area contributed by atoms with Crippen LogP contribution in [0.5, 0.6) is 0 Å². The van der Waals surface area contributed by atoms with E-state index in [0.717, 1.165) is 6.42 Å². The molecular weight excluding hydrogens is 359 g/mol. The number of thiol groups is 1. The lowest BCUT2D eigenvalue weighted by Crippen LogP contribution is -2.07. The minimum Gasteiger partial charge on any atom is -0.289 e. The summed E-state index contributed by atoms with van der Waals surface area (Å²) >= 11 is 6.04. The van der Waals surface area contributed by atoms with Crippen molar-refractivity contribution < 1.29 is 9.59 Å². The molecule has 0 heterocycles. The van der Waals surface area contributed by atoms with Crippen molar-refractivity contribution in [3.8, 4) is 0 Å². The summed E-state index contributed by atoms with van der Waals surface area (Å²) in [5, 5.41) is 0.195. The van der Waals surface area contributed by atoms with E-state index >= 15 is 0 Å². The highest BCUT2D eigenvalue weighted by atomic mass is 127. The summed E-state index contributed by atoms with van der Waals surface area (Å²) in [6.45, 7) is 0. The SMILES string of the molecule is O=C(I)c1ccc(C(=O)C2=CCC(S)C=C2)cc1. The van der Waals surface area contributed by atoms with Gasteiger partial charge in [-0.1, -0.05) is 30.4 Å². The summed E-state index contributed by atoms with van der Waals surface area (Å²) < 4.78 is -0.0266. The predicted molar refractivity (Wildman–Crippen MR) is 83.7 cm³/mol. The highest BCUT2D eigenvalue weighted by Gasteiger charge is 2.13. The van der Waals surface area contributed by atoms with Gasteiger partial charge >= 0.3 is 0 Å². The number of rotatable bonds is 3. The largest absolute Gasteiger partial charge is 0.289 e. The second-order valence-electron chi connectivity index (χ2n) is 4.00. The van der Waals surface area contributed by atoms with E-state index in [0.29, 0.717) is 16.7 Å². The van der Waals surface area contributed by atoms with E-state index in [1.165, 1.54) is 0 Å². The second kappa shape index (κ2) is 5.84. The van der Waals surface area contributed by atoms with Gasteiger partial charge in [0, 0.05) is 44.5 Å². The molecule has 0 saturated carbocycles. The van der Waals surface area contributed by atoms with Crippen molar-refractivity contribution in [3.63, 3.8) is 0 Å². The van der Waals surface area contributed by atoms with Gasteiger partial charge in [0.1, 0.15) is 0 Å². The monoisotopic (exact) mass is 370 g/mol. The minimum absolute atomic E-state index is 0.0149. The lowest BCUT2D eigenvalue weighted by Gasteiger charge is -2.10. The van der Waals surface area contributed by atoms with E-state index in [4.69, 9.17) is 0 Å². The number of hydrogen-bond donors (Lipinski definition) is 1. The zero-order valence-electron chi connectivity index (χ0n) is 9.47. The van der Waals surface area contributed by atoms with Gasteiger partial charge in [0.05, 0.1) is 0 Å². The molecule has 0 saturated heterocycles. The first-order valence-corrected chi connectivity index (χ1v) is 7.08. The molecule has 0 radical (unpaired) electrons. The summed E-state index contributed by atoms with van der Waals surface area (Å²) in [4.78, 5) is 23.3. The van der Waals surface area contributed by atoms with Gasteiger partial charge in [0.25, 0.3) is 0 Å². The number of Topliss-reactive ketones (excluding diaryl/α,β-unsaturated/α-hetero) is 1. The summed E-state index contributed by atoms with van der Waals surface area (Å²) in [6, 6.07) is 6.73. The molecule has 1 aliphatic rings.